The topological polar surface area (TPSA) is 115 Å². The lowest BCUT2D eigenvalue weighted by atomic mass is 9.97. The van der Waals surface area contributed by atoms with Crippen LogP contribution in [-0.4, -0.2) is 45.9 Å². The first-order valence-corrected chi connectivity index (χ1v) is 5.30. The van der Waals surface area contributed by atoms with Crippen molar-refractivity contribution in [2.75, 3.05) is 6.61 Å². The van der Waals surface area contributed by atoms with E-state index in [4.69, 9.17) is 4.74 Å². The van der Waals surface area contributed by atoms with E-state index in [1.807, 2.05) is 0 Å². The Kier molecular flexibility index (Phi) is 1.45. The lowest BCUT2D eigenvalue weighted by Crippen LogP contribution is -2.70. The molecule has 3 saturated heterocycles. The van der Waals surface area contributed by atoms with E-state index in [1.54, 1.807) is 0 Å². The number of aliphatic hydroxyl groups excluding tert-OH is 1. The molecule has 3 aliphatic heterocycles. The highest BCUT2D eigenvalue weighted by Crippen LogP contribution is 2.73. The number of ether oxygens (including phenoxy) is 1. The summed E-state index contributed by atoms with van der Waals surface area (Å²) < 4.78 is 29.8. The standard InChI is InChI=1S/C5H7O8P/c6-2-1-10-3-5(8)4(2,7)12-14(9,11-3)13-5/h2-3,6-8H,1H2/t2-,3?,4+,5-,14?/m1/s1. The van der Waals surface area contributed by atoms with Crippen LogP contribution in [0, 0.1) is 0 Å². The van der Waals surface area contributed by atoms with Crippen LogP contribution in [0.5, 0.6) is 0 Å². The second-order valence-corrected chi connectivity index (χ2v) is 4.78. The van der Waals surface area contributed by atoms with Crippen LogP contribution >= 0.6 is 7.82 Å². The third-order valence-electron chi connectivity index (χ3n) is 2.42. The third-order valence-corrected chi connectivity index (χ3v) is 3.87. The van der Waals surface area contributed by atoms with E-state index in [2.05, 4.69) is 13.6 Å². The van der Waals surface area contributed by atoms with Gasteiger partial charge in [0.25, 0.3) is 11.6 Å². The lowest BCUT2D eigenvalue weighted by molar-refractivity contribution is -0.418. The molecule has 14 heavy (non-hydrogen) atoms. The summed E-state index contributed by atoms with van der Waals surface area (Å²) in [6.45, 7) is -0.313. The predicted molar refractivity (Wildman–Crippen MR) is 36.5 cm³/mol. The van der Waals surface area contributed by atoms with Gasteiger partial charge < -0.3 is 20.1 Å². The maximum Gasteiger partial charge on any atom is 0.483 e. The van der Waals surface area contributed by atoms with Crippen molar-refractivity contribution in [3.63, 3.8) is 0 Å². The summed E-state index contributed by atoms with van der Waals surface area (Å²) in [5.41, 5.74) is 0. The van der Waals surface area contributed by atoms with Crippen LogP contribution in [0.2, 0.25) is 0 Å². The van der Waals surface area contributed by atoms with Crippen molar-refractivity contribution in [1.82, 2.24) is 0 Å². The van der Waals surface area contributed by atoms with Gasteiger partial charge in [0.05, 0.1) is 6.61 Å². The summed E-state index contributed by atoms with van der Waals surface area (Å²) in [6.07, 6.45) is -2.96. The molecule has 3 rings (SSSR count). The third kappa shape index (κ3) is 0.777. The first-order chi connectivity index (χ1) is 6.40. The highest BCUT2D eigenvalue weighted by molar-refractivity contribution is 7.49. The van der Waals surface area contributed by atoms with Gasteiger partial charge in [-0.1, -0.05) is 0 Å². The fraction of sp³-hybridized carbons (Fsp3) is 1.00. The molecule has 0 radical (unpaired) electrons. The average Bonchev–Trinajstić information content (AvgIpc) is 2.43. The van der Waals surface area contributed by atoms with Crippen molar-refractivity contribution in [3.05, 3.63) is 0 Å². The zero-order valence-electron chi connectivity index (χ0n) is 6.69. The molecule has 80 valence electrons. The molecule has 3 fully saturated rings. The van der Waals surface area contributed by atoms with Gasteiger partial charge >= 0.3 is 7.82 Å². The zero-order chi connectivity index (χ0) is 10.2. The Bertz CT molecular complexity index is 343. The van der Waals surface area contributed by atoms with E-state index in [1.165, 1.54) is 0 Å². The molecule has 0 aromatic carbocycles. The number of phosphoric acid groups is 1. The van der Waals surface area contributed by atoms with E-state index in [9.17, 15) is 19.9 Å². The first kappa shape index (κ1) is 9.20. The van der Waals surface area contributed by atoms with Crippen LogP contribution in [0.1, 0.15) is 0 Å². The van der Waals surface area contributed by atoms with Crippen LogP contribution < -0.4 is 0 Å². The number of hydrogen-bond acceptors (Lipinski definition) is 8. The van der Waals surface area contributed by atoms with Crippen molar-refractivity contribution in [3.8, 4) is 0 Å². The number of hydrogen-bond donors (Lipinski definition) is 3. The molecule has 0 aliphatic carbocycles. The minimum Gasteiger partial charge on any atom is -0.385 e. The van der Waals surface area contributed by atoms with Crippen LogP contribution in [-0.2, 0) is 22.9 Å². The van der Waals surface area contributed by atoms with Crippen molar-refractivity contribution in [1.29, 1.82) is 0 Å². The van der Waals surface area contributed by atoms with Crippen LogP contribution in [0.25, 0.3) is 0 Å². The summed E-state index contributed by atoms with van der Waals surface area (Å²) in [5.74, 6) is -4.89. The summed E-state index contributed by atoms with van der Waals surface area (Å²) in [6, 6.07) is 0. The van der Waals surface area contributed by atoms with Crippen molar-refractivity contribution in [2.24, 2.45) is 0 Å². The minimum atomic E-state index is -4.01. The summed E-state index contributed by atoms with van der Waals surface area (Å²) in [4.78, 5) is 0. The molecule has 2 unspecified atom stereocenters. The predicted octanol–water partition coefficient (Wildman–Crippen LogP) is -1.73. The van der Waals surface area contributed by atoms with E-state index < -0.39 is 31.8 Å². The highest BCUT2D eigenvalue weighted by atomic mass is 31.2. The quantitative estimate of drug-likeness (QED) is 0.417. The van der Waals surface area contributed by atoms with Crippen molar-refractivity contribution >= 4 is 7.82 Å². The zero-order valence-corrected chi connectivity index (χ0v) is 7.59. The Labute approximate surface area is 77.6 Å². The van der Waals surface area contributed by atoms with Gasteiger partial charge in [-0.2, -0.15) is 0 Å². The molecule has 0 saturated carbocycles. The van der Waals surface area contributed by atoms with E-state index in [0.717, 1.165) is 0 Å². The number of phosphoric ester groups is 1. The van der Waals surface area contributed by atoms with Crippen LogP contribution in [0.4, 0.5) is 0 Å². The summed E-state index contributed by atoms with van der Waals surface area (Å²) in [5, 5.41) is 28.8. The molecule has 0 aromatic rings. The summed E-state index contributed by atoms with van der Waals surface area (Å²) >= 11 is 0. The molecule has 5 atom stereocenters. The van der Waals surface area contributed by atoms with Gasteiger partial charge in [-0.05, 0) is 0 Å². The fourth-order valence-electron chi connectivity index (χ4n) is 1.67. The molecule has 8 nitrogen and oxygen atoms in total. The van der Waals surface area contributed by atoms with Crippen LogP contribution in [0.15, 0.2) is 0 Å². The van der Waals surface area contributed by atoms with Crippen molar-refractivity contribution < 1.29 is 38.2 Å². The molecule has 0 aromatic heterocycles. The Morgan fingerprint density at radius 3 is 2.50 bits per heavy atom. The molecule has 0 spiro atoms. The van der Waals surface area contributed by atoms with Gasteiger partial charge in [-0.15, -0.1) is 0 Å². The van der Waals surface area contributed by atoms with Crippen LogP contribution in [0.3, 0.4) is 0 Å². The Hall–Kier alpha value is -0.0500. The fourth-order valence-corrected chi connectivity index (χ4v) is 3.38. The second-order valence-electron chi connectivity index (χ2n) is 3.31. The Morgan fingerprint density at radius 2 is 1.93 bits per heavy atom. The molecule has 3 N–H and O–H groups in total. The Balaban J connectivity index is 2.14. The second kappa shape index (κ2) is 2.21. The SMILES string of the molecule is O=P12OC3OC[C@@H](O)[C@](O)(O1)[C@]3(O)O2. The number of fused-ring (bicyclic) bond motifs is 1. The maximum atomic E-state index is 11.4. The number of aliphatic hydroxyl groups is 3. The normalized spacial score (nSPS) is 65.9. The van der Waals surface area contributed by atoms with Gasteiger partial charge in [0.15, 0.2) is 0 Å². The Morgan fingerprint density at radius 1 is 1.29 bits per heavy atom. The first-order valence-electron chi connectivity index (χ1n) is 3.84. The van der Waals surface area contributed by atoms with Gasteiger partial charge in [-0.3, -0.25) is 4.52 Å². The van der Waals surface area contributed by atoms with E-state index in [0.29, 0.717) is 0 Å². The smallest absolute Gasteiger partial charge is 0.385 e. The minimum absolute atomic E-state index is 0.313. The molecular formula is C5H7O8P. The van der Waals surface area contributed by atoms with E-state index in [-0.39, 0.29) is 6.61 Å². The maximum absolute atomic E-state index is 11.4. The molecule has 3 heterocycles. The molecule has 0 amide bonds. The molecule has 3 aliphatic rings. The largest absolute Gasteiger partial charge is 0.483 e. The molecule has 2 bridgehead atoms. The van der Waals surface area contributed by atoms with Crippen molar-refractivity contribution in [2.45, 2.75) is 24.0 Å². The molecular weight excluding hydrogens is 219 g/mol. The lowest BCUT2D eigenvalue weighted by Gasteiger charge is -2.44. The van der Waals surface area contributed by atoms with E-state index >= 15 is 0 Å². The monoisotopic (exact) mass is 226 g/mol. The van der Waals surface area contributed by atoms with Gasteiger partial charge in [0, 0.05) is 0 Å². The van der Waals surface area contributed by atoms with Gasteiger partial charge in [0.1, 0.15) is 6.10 Å². The summed E-state index contributed by atoms with van der Waals surface area (Å²) in [7, 11) is -4.01. The van der Waals surface area contributed by atoms with Gasteiger partial charge in [-0.25, -0.2) is 13.6 Å². The highest BCUT2D eigenvalue weighted by Gasteiger charge is 2.81. The number of rotatable bonds is 0. The van der Waals surface area contributed by atoms with Gasteiger partial charge in [0.2, 0.25) is 6.29 Å². The molecule has 9 heteroatoms. The average molecular weight is 226 g/mol.